The summed E-state index contributed by atoms with van der Waals surface area (Å²) in [5.41, 5.74) is 8.58. The fourth-order valence-electron chi connectivity index (χ4n) is 1.69. The molecule has 1 rings (SSSR count). The number of hydrogen-bond acceptors (Lipinski definition) is 4. The molecular weight excluding hydrogens is 232 g/mol. The second kappa shape index (κ2) is 6.26. The normalized spacial score (nSPS) is 12.0. The van der Waals surface area contributed by atoms with Crippen LogP contribution in [0.25, 0.3) is 0 Å². The number of nitrogens with one attached hydrogen (secondary N) is 1. The molecule has 0 spiro atoms. The highest BCUT2D eigenvalue weighted by Crippen LogP contribution is 2.27. The lowest BCUT2D eigenvalue weighted by Gasteiger charge is -2.15. The molecule has 0 aliphatic heterocycles. The van der Waals surface area contributed by atoms with Gasteiger partial charge in [0.1, 0.15) is 11.8 Å². The fourth-order valence-corrected chi connectivity index (χ4v) is 1.69. The highest BCUT2D eigenvalue weighted by molar-refractivity contribution is 5.73. The predicted molar refractivity (Wildman–Crippen MR) is 71.2 cm³/mol. The van der Waals surface area contributed by atoms with E-state index in [0.717, 1.165) is 22.6 Å². The van der Waals surface area contributed by atoms with Crippen LogP contribution in [-0.2, 0) is 4.79 Å². The molecule has 100 valence electrons. The van der Waals surface area contributed by atoms with Gasteiger partial charge in [0, 0.05) is 12.2 Å². The van der Waals surface area contributed by atoms with Crippen molar-refractivity contribution in [3.63, 3.8) is 0 Å². The number of ether oxygens (including phenoxy) is 1. The van der Waals surface area contributed by atoms with Crippen molar-refractivity contribution in [2.45, 2.75) is 26.3 Å². The van der Waals surface area contributed by atoms with Crippen molar-refractivity contribution in [3.05, 3.63) is 23.3 Å². The van der Waals surface area contributed by atoms with Crippen molar-refractivity contribution < 1.29 is 14.6 Å². The third kappa shape index (κ3) is 3.37. The molecule has 5 heteroatoms. The minimum Gasteiger partial charge on any atom is -0.496 e. The number of nitrogens with two attached hydrogens (primary N) is 1. The number of rotatable bonds is 6. The monoisotopic (exact) mass is 252 g/mol. The minimum atomic E-state index is -0.973. The average molecular weight is 252 g/mol. The standard InChI is InChI=1S/C13H20N2O3/c1-8-9(2)12(18-3)5-4-11(8)15-7-6-10(14)13(16)17/h4-5,10,15H,6-7,14H2,1-3H3,(H,16,17). The third-order valence-corrected chi connectivity index (χ3v) is 3.05. The Morgan fingerprint density at radius 1 is 1.44 bits per heavy atom. The number of methoxy groups -OCH3 is 1. The van der Waals surface area contributed by atoms with Gasteiger partial charge in [-0.3, -0.25) is 4.79 Å². The first-order chi connectivity index (χ1) is 8.47. The first-order valence-electron chi connectivity index (χ1n) is 5.83. The summed E-state index contributed by atoms with van der Waals surface area (Å²) in [6.07, 6.45) is 0.389. The quantitative estimate of drug-likeness (QED) is 0.715. The van der Waals surface area contributed by atoms with Crippen LogP contribution in [0.1, 0.15) is 17.5 Å². The van der Waals surface area contributed by atoms with Crippen LogP contribution in [0.4, 0.5) is 5.69 Å². The summed E-state index contributed by atoms with van der Waals surface area (Å²) in [5, 5.41) is 11.9. The molecule has 18 heavy (non-hydrogen) atoms. The van der Waals surface area contributed by atoms with Crippen molar-refractivity contribution in [1.29, 1.82) is 0 Å². The summed E-state index contributed by atoms with van der Waals surface area (Å²) in [4.78, 5) is 10.6. The lowest BCUT2D eigenvalue weighted by atomic mass is 10.1. The fraction of sp³-hybridized carbons (Fsp3) is 0.462. The van der Waals surface area contributed by atoms with Crippen LogP contribution in [0.5, 0.6) is 5.75 Å². The Labute approximate surface area is 107 Å². The van der Waals surface area contributed by atoms with Gasteiger partial charge >= 0.3 is 5.97 Å². The Kier molecular flexibility index (Phi) is 4.97. The zero-order valence-electron chi connectivity index (χ0n) is 11.0. The molecule has 0 saturated heterocycles. The van der Waals surface area contributed by atoms with Crippen LogP contribution in [0.2, 0.25) is 0 Å². The van der Waals surface area contributed by atoms with E-state index in [1.54, 1.807) is 7.11 Å². The van der Waals surface area contributed by atoms with E-state index in [1.807, 2.05) is 26.0 Å². The van der Waals surface area contributed by atoms with Crippen molar-refractivity contribution in [2.75, 3.05) is 19.0 Å². The molecular formula is C13H20N2O3. The number of carboxylic acid groups (broad SMARTS) is 1. The summed E-state index contributed by atoms with van der Waals surface area (Å²) in [5.74, 6) is -0.125. The van der Waals surface area contributed by atoms with Gasteiger partial charge in [0.2, 0.25) is 0 Å². The predicted octanol–water partition coefficient (Wildman–Crippen LogP) is 1.53. The zero-order chi connectivity index (χ0) is 13.7. The summed E-state index contributed by atoms with van der Waals surface area (Å²) in [6.45, 7) is 4.51. The summed E-state index contributed by atoms with van der Waals surface area (Å²) in [7, 11) is 1.64. The van der Waals surface area contributed by atoms with Crippen molar-refractivity contribution in [2.24, 2.45) is 5.73 Å². The van der Waals surface area contributed by atoms with Crippen LogP contribution in [-0.4, -0.2) is 30.8 Å². The Morgan fingerprint density at radius 3 is 2.67 bits per heavy atom. The summed E-state index contributed by atoms with van der Waals surface area (Å²) < 4.78 is 5.23. The Balaban J connectivity index is 2.63. The van der Waals surface area contributed by atoms with Gasteiger partial charge in [-0.25, -0.2) is 0 Å². The van der Waals surface area contributed by atoms with Gasteiger partial charge in [0.25, 0.3) is 0 Å². The molecule has 0 aliphatic rings. The number of anilines is 1. The maximum absolute atomic E-state index is 10.6. The molecule has 0 aliphatic carbocycles. The maximum Gasteiger partial charge on any atom is 0.320 e. The largest absolute Gasteiger partial charge is 0.496 e. The minimum absolute atomic E-state index is 0.389. The zero-order valence-corrected chi connectivity index (χ0v) is 11.0. The molecule has 0 fully saturated rings. The molecule has 0 aromatic heterocycles. The first-order valence-corrected chi connectivity index (χ1v) is 5.83. The van der Waals surface area contributed by atoms with E-state index in [2.05, 4.69) is 5.32 Å². The van der Waals surface area contributed by atoms with E-state index in [1.165, 1.54) is 0 Å². The molecule has 1 aromatic carbocycles. The molecule has 4 N–H and O–H groups in total. The molecule has 0 bridgehead atoms. The van der Waals surface area contributed by atoms with Crippen LogP contribution in [0, 0.1) is 13.8 Å². The van der Waals surface area contributed by atoms with Gasteiger partial charge in [-0.15, -0.1) is 0 Å². The number of carbonyl (C=O) groups is 1. The number of carboxylic acids is 1. The molecule has 5 nitrogen and oxygen atoms in total. The Hall–Kier alpha value is -1.75. The van der Waals surface area contributed by atoms with Gasteiger partial charge in [-0.1, -0.05) is 0 Å². The van der Waals surface area contributed by atoms with Crippen LogP contribution in [0.3, 0.4) is 0 Å². The van der Waals surface area contributed by atoms with Crippen LogP contribution < -0.4 is 15.8 Å². The first kappa shape index (κ1) is 14.3. The van der Waals surface area contributed by atoms with E-state index in [9.17, 15) is 4.79 Å². The molecule has 0 heterocycles. The lowest BCUT2D eigenvalue weighted by Crippen LogP contribution is -2.32. The molecule has 0 radical (unpaired) electrons. The number of aliphatic carboxylic acids is 1. The third-order valence-electron chi connectivity index (χ3n) is 3.05. The molecule has 1 atom stereocenters. The number of hydrogen-bond donors (Lipinski definition) is 3. The van der Waals surface area contributed by atoms with E-state index in [4.69, 9.17) is 15.6 Å². The topological polar surface area (TPSA) is 84.6 Å². The van der Waals surface area contributed by atoms with E-state index in [0.29, 0.717) is 13.0 Å². The van der Waals surface area contributed by atoms with Gasteiger partial charge in [-0.2, -0.15) is 0 Å². The van der Waals surface area contributed by atoms with Crippen LogP contribution >= 0.6 is 0 Å². The average Bonchev–Trinajstić information content (AvgIpc) is 2.34. The van der Waals surface area contributed by atoms with E-state index in [-0.39, 0.29) is 0 Å². The second-order valence-corrected chi connectivity index (χ2v) is 4.23. The van der Waals surface area contributed by atoms with Crippen LogP contribution in [0.15, 0.2) is 12.1 Å². The summed E-state index contributed by atoms with van der Waals surface area (Å²) in [6, 6.07) is 2.99. The lowest BCUT2D eigenvalue weighted by molar-refractivity contribution is -0.138. The Bertz CT molecular complexity index is 432. The molecule has 1 unspecified atom stereocenters. The molecule has 0 saturated carbocycles. The Morgan fingerprint density at radius 2 is 2.11 bits per heavy atom. The van der Waals surface area contributed by atoms with Crippen molar-refractivity contribution in [1.82, 2.24) is 0 Å². The number of benzene rings is 1. The van der Waals surface area contributed by atoms with E-state index < -0.39 is 12.0 Å². The van der Waals surface area contributed by atoms with Gasteiger partial charge < -0.3 is 20.9 Å². The summed E-state index contributed by atoms with van der Waals surface area (Å²) >= 11 is 0. The van der Waals surface area contributed by atoms with Crippen molar-refractivity contribution >= 4 is 11.7 Å². The SMILES string of the molecule is COc1ccc(NCCC(N)C(=O)O)c(C)c1C. The highest BCUT2D eigenvalue weighted by Gasteiger charge is 2.11. The van der Waals surface area contributed by atoms with Gasteiger partial charge in [-0.05, 0) is 43.5 Å². The molecule has 1 aromatic rings. The smallest absolute Gasteiger partial charge is 0.320 e. The highest BCUT2D eigenvalue weighted by atomic mass is 16.5. The second-order valence-electron chi connectivity index (χ2n) is 4.23. The van der Waals surface area contributed by atoms with Crippen molar-refractivity contribution in [3.8, 4) is 5.75 Å². The van der Waals surface area contributed by atoms with Gasteiger partial charge in [0.15, 0.2) is 0 Å². The van der Waals surface area contributed by atoms with Gasteiger partial charge in [0.05, 0.1) is 7.11 Å². The molecule has 0 amide bonds. The van der Waals surface area contributed by atoms with E-state index >= 15 is 0 Å². The maximum atomic E-state index is 10.6.